The van der Waals surface area contributed by atoms with Gasteiger partial charge in [0.05, 0.1) is 25.2 Å². The molecule has 1 aliphatic heterocycles. The number of carbonyl (C=O) groups excluding carboxylic acids is 2. The Bertz CT molecular complexity index is 800. The van der Waals surface area contributed by atoms with Gasteiger partial charge in [-0.05, 0) is 43.0 Å². The van der Waals surface area contributed by atoms with Gasteiger partial charge in [-0.25, -0.2) is 0 Å². The van der Waals surface area contributed by atoms with E-state index in [-0.39, 0.29) is 30.1 Å². The lowest BCUT2D eigenvalue weighted by Gasteiger charge is -2.41. The van der Waals surface area contributed by atoms with Gasteiger partial charge in [-0.2, -0.15) is 13.2 Å². The molecule has 164 valence electrons. The van der Waals surface area contributed by atoms with Crippen LogP contribution >= 0.6 is 0 Å². The number of carbonyl (C=O) groups is 2. The van der Waals surface area contributed by atoms with Crippen molar-refractivity contribution >= 4 is 17.5 Å². The van der Waals surface area contributed by atoms with E-state index >= 15 is 0 Å². The van der Waals surface area contributed by atoms with Crippen molar-refractivity contribution in [1.29, 1.82) is 0 Å². The summed E-state index contributed by atoms with van der Waals surface area (Å²) >= 11 is 0. The highest BCUT2D eigenvalue weighted by molar-refractivity contribution is 5.93. The van der Waals surface area contributed by atoms with E-state index in [1.54, 1.807) is 0 Å². The van der Waals surface area contributed by atoms with Crippen molar-refractivity contribution in [3.8, 4) is 0 Å². The number of benzene rings is 1. The minimum absolute atomic E-state index is 0.00343. The van der Waals surface area contributed by atoms with E-state index in [1.165, 1.54) is 12.1 Å². The van der Waals surface area contributed by atoms with Gasteiger partial charge in [-0.1, -0.05) is 12.6 Å². The molecule has 1 aromatic carbocycles. The van der Waals surface area contributed by atoms with E-state index in [4.69, 9.17) is 4.74 Å². The molecule has 0 unspecified atom stereocenters. The Labute approximate surface area is 173 Å². The lowest BCUT2D eigenvalue weighted by molar-refractivity contribution is -0.138. The summed E-state index contributed by atoms with van der Waals surface area (Å²) < 4.78 is 46.1. The van der Waals surface area contributed by atoms with Gasteiger partial charge in [0, 0.05) is 30.9 Å². The maximum absolute atomic E-state index is 13.6. The predicted molar refractivity (Wildman–Crippen MR) is 106 cm³/mol. The Morgan fingerprint density at radius 3 is 2.50 bits per heavy atom. The van der Waals surface area contributed by atoms with Crippen LogP contribution < -0.4 is 10.6 Å². The Morgan fingerprint density at radius 2 is 1.93 bits per heavy atom. The molecule has 9 heteroatoms. The molecule has 1 aliphatic carbocycles. The third-order valence-electron chi connectivity index (χ3n) is 5.58. The number of nitrogens with one attached hydrogen (secondary N) is 2. The van der Waals surface area contributed by atoms with Crippen LogP contribution in [0.25, 0.3) is 0 Å². The normalized spacial score (nSPS) is 18.9. The average Bonchev–Trinajstić information content (AvgIpc) is 2.67. The first-order chi connectivity index (χ1) is 14.2. The standard InChI is InChI=1S/C21H26F3N3O3/c1-2-18(28)26-20(6-3-7-20)13-19(29)25-16-5-4-15(17(12-16)21(22,23)24)14-27-8-10-30-11-9-27/h2,4-5,12H,1,3,6-11,13-14H2,(H,25,29)(H,26,28). The molecule has 2 fully saturated rings. The topological polar surface area (TPSA) is 70.7 Å². The van der Waals surface area contributed by atoms with Crippen molar-refractivity contribution in [3.63, 3.8) is 0 Å². The van der Waals surface area contributed by atoms with Crippen LogP contribution in [-0.2, 0) is 27.0 Å². The summed E-state index contributed by atoms with van der Waals surface area (Å²) in [5.74, 6) is -0.803. The molecule has 1 saturated carbocycles. The number of halogens is 3. The number of hydrogen-bond acceptors (Lipinski definition) is 4. The zero-order valence-corrected chi connectivity index (χ0v) is 16.7. The first-order valence-corrected chi connectivity index (χ1v) is 9.95. The molecule has 2 N–H and O–H groups in total. The number of ether oxygens (including phenoxy) is 1. The quantitative estimate of drug-likeness (QED) is 0.659. The smallest absolute Gasteiger partial charge is 0.379 e. The number of alkyl halides is 3. The molecule has 1 saturated heterocycles. The van der Waals surface area contributed by atoms with Crippen LogP contribution in [0.5, 0.6) is 0 Å². The maximum atomic E-state index is 13.6. The van der Waals surface area contributed by atoms with Gasteiger partial charge >= 0.3 is 6.18 Å². The molecule has 30 heavy (non-hydrogen) atoms. The third kappa shape index (κ3) is 5.60. The van der Waals surface area contributed by atoms with Crippen molar-refractivity contribution in [2.75, 3.05) is 31.6 Å². The molecule has 0 radical (unpaired) electrons. The Hall–Kier alpha value is -2.39. The fourth-order valence-corrected chi connectivity index (χ4v) is 3.83. The van der Waals surface area contributed by atoms with Crippen molar-refractivity contribution in [3.05, 3.63) is 42.0 Å². The van der Waals surface area contributed by atoms with Gasteiger partial charge in [0.25, 0.3) is 0 Å². The van der Waals surface area contributed by atoms with E-state index in [0.717, 1.165) is 18.6 Å². The molecule has 0 aromatic heterocycles. The molecule has 0 spiro atoms. The second kappa shape index (κ2) is 9.18. The van der Waals surface area contributed by atoms with Crippen molar-refractivity contribution in [1.82, 2.24) is 10.2 Å². The van der Waals surface area contributed by atoms with Crippen LogP contribution in [0.1, 0.15) is 36.8 Å². The molecule has 0 bridgehead atoms. The monoisotopic (exact) mass is 425 g/mol. The fourth-order valence-electron chi connectivity index (χ4n) is 3.83. The molecule has 0 atom stereocenters. The van der Waals surface area contributed by atoms with Crippen LogP contribution in [0.3, 0.4) is 0 Å². The van der Waals surface area contributed by atoms with E-state index in [1.807, 2.05) is 4.90 Å². The molecule has 2 amide bonds. The van der Waals surface area contributed by atoms with Gasteiger partial charge in [0.1, 0.15) is 0 Å². The average molecular weight is 425 g/mol. The Balaban J connectivity index is 1.70. The molecular formula is C21H26F3N3O3. The van der Waals surface area contributed by atoms with E-state index in [2.05, 4.69) is 17.2 Å². The molecule has 1 aromatic rings. The van der Waals surface area contributed by atoms with E-state index in [9.17, 15) is 22.8 Å². The Morgan fingerprint density at radius 1 is 1.23 bits per heavy atom. The first-order valence-electron chi connectivity index (χ1n) is 9.95. The molecule has 6 nitrogen and oxygen atoms in total. The van der Waals surface area contributed by atoms with Gasteiger partial charge in [-0.15, -0.1) is 0 Å². The minimum atomic E-state index is -4.53. The second-order valence-corrected chi connectivity index (χ2v) is 7.81. The molecule has 3 rings (SSSR count). The molecular weight excluding hydrogens is 399 g/mol. The summed E-state index contributed by atoms with van der Waals surface area (Å²) in [6.45, 7) is 5.73. The van der Waals surface area contributed by atoms with Gasteiger partial charge < -0.3 is 15.4 Å². The zero-order valence-electron chi connectivity index (χ0n) is 16.7. The number of anilines is 1. The largest absolute Gasteiger partial charge is 0.416 e. The van der Waals surface area contributed by atoms with Crippen LogP contribution in [0.15, 0.2) is 30.9 Å². The summed E-state index contributed by atoms with van der Waals surface area (Å²) in [5.41, 5.74) is -1.16. The van der Waals surface area contributed by atoms with E-state index < -0.39 is 23.2 Å². The van der Waals surface area contributed by atoms with Gasteiger partial charge in [-0.3, -0.25) is 14.5 Å². The number of morpholine rings is 1. The second-order valence-electron chi connectivity index (χ2n) is 7.81. The maximum Gasteiger partial charge on any atom is 0.416 e. The Kier molecular flexibility index (Phi) is 6.82. The molecule has 2 aliphatic rings. The number of amides is 2. The third-order valence-corrected chi connectivity index (χ3v) is 5.58. The lowest BCUT2D eigenvalue weighted by Crippen LogP contribution is -2.54. The minimum Gasteiger partial charge on any atom is -0.379 e. The SMILES string of the molecule is C=CC(=O)NC1(CC(=O)Nc2ccc(CN3CCOCC3)c(C(F)(F)F)c2)CCC1. The summed E-state index contributed by atoms with van der Waals surface area (Å²) in [6.07, 6.45) is -1.22. The fraction of sp³-hybridized carbons (Fsp3) is 0.524. The van der Waals surface area contributed by atoms with Crippen molar-refractivity contribution < 1.29 is 27.5 Å². The van der Waals surface area contributed by atoms with Crippen LogP contribution in [0, 0.1) is 0 Å². The van der Waals surface area contributed by atoms with Gasteiger partial charge in [0.15, 0.2) is 0 Å². The number of rotatable bonds is 7. The van der Waals surface area contributed by atoms with Crippen molar-refractivity contribution in [2.24, 2.45) is 0 Å². The lowest BCUT2D eigenvalue weighted by atomic mass is 9.74. The highest BCUT2D eigenvalue weighted by Crippen LogP contribution is 2.37. The number of nitrogens with zero attached hydrogens (tertiary/aromatic N) is 1. The van der Waals surface area contributed by atoms with Crippen molar-refractivity contribution in [2.45, 2.75) is 43.9 Å². The summed E-state index contributed by atoms with van der Waals surface area (Å²) in [4.78, 5) is 26.0. The van der Waals surface area contributed by atoms with Crippen LogP contribution in [0.2, 0.25) is 0 Å². The van der Waals surface area contributed by atoms with Crippen LogP contribution in [-0.4, -0.2) is 48.6 Å². The highest BCUT2D eigenvalue weighted by atomic mass is 19.4. The summed E-state index contributed by atoms with van der Waals surface area (Å²) in [6, 6.07) is 3.87. The summed E-state index contributed by atoms with van der Waals surface area (Å²) in [5, 5.41) is 5.32. The first kappa shape index (κ1) is 22.3. The predicted octanol–water partition coefficient (Wildman–Crippen LogP) is 3.09. The van der Waals surface area contributed by atoms with Gasteiger partial charge in [0.2, 0.25) is 11.8 Å². The van der Waals surface area contributed by atoms with E-state index in [0.29, 0.717) is 39.1 Å². The van der Waals surface area contributed by atoms with Crippen LogP contribution in [0.4, 0.5) is 18.9 Å². The molecule has 1 heterocycles. The highest BCUT2D eigenvalue weighted by Gasteiger charge is 2.40. The number of hydrogen-bond donors (Lipinski definition) is 2. The summed E-state index contributed by atoms with van der Waals surface area (Å²) in [7, 11) is 0. The zero-order chi connectivity index (χ0) is 21.8.